The topological polar surface area (TPSA) is 46.3 Å². The molecule has 3 aromatic heterocycles. The van der Waals surface area contributed by atoms with Gasteiger partial charge in [0.2, 0.25) is 5.95 Å². The van der Waals surface area contributed by atoms with Crippen molar-refractivity contribution in [1.29, 1.82) is 0 Å². The summed E-state index contributed by atoms with van der Waals surface area (Å²) in [5.41, 5.74) is 2.57. The Balaban J connectivity index is 1.69. The lowest BCUT2D eigenvalue weighted by atomic mass is 9.95. The summed E-state index contributed by atoms with van der Waals surface area (Å²) in [7, 11) is 0. The predicted octanol–water partition coefficient (Wildman–Crippen LogP) is 3.50. The van der Waals surface area contributed by atoms with Gasteiger partial charge in [0.15, 0.2) is 0 Å². The van der Waals surface area contributed by atoms with E-state index < -0.39 is 0 Å². The molecule has 1 unspecified atom stereocenters. The Labute approximate surface area is 140 Å². The van der Waals surface area contributed by atoms with Gasteiger partial charge >= 0.3 is 0 Å². The van der Waals surface area contributed by atoms with E-state index in [1.54, 1.807) is 0 Å². The Hall–Kier alpha value is -1.95. The summed E-state index contributed by atoms with van der Waals surface area (Å²) < 4.78 is 2.31. The van der Waals surface area contributed by atoms with Crippen molar-refractivity contribution >= 4 is 22.1 Å². The van der Waals surface area contributed by atoms with Crippen LogP contribution in [0.15, 0.2) is 18.5 Å². The molecule has 0 aromatic carbocycles. The molecule has 0 aliphatic carbocycles. The number of fused-ring (bicyclic) bond motifs is 1. The van der Waals surface area contributed by atoms with E-state index >= 15 is 0 Å². The minimum atomic E-state index is 0.453. The SMILES string of the molecule is Cc1sc2c(C3CCCN(c4ncccn4)C3)nc(C)n2c1C. The van der Waals surface area contributed by atoms with E-state index in [4.69, 9.17) is 4.98 Å². The molecule has 23 heavy (non-hydrogen) atoms. The van der Waals surface area contributed by atoms with Gasteiger partial charge in [-0.2, -0.15) is 0 Å². The third kappa shape index (κ3) is 2.41. The second-order valence-corrected chi connectivity index (χ2v) is 7.47. The molecular weight excluding hydrogens is 306 g/mol. The number of anilines is 1. The molecule has 120 valence electrons. The molecule has 1 aliphatic rings. The van der Waals surface area contributed by atoms with Gasteiger partial charge < -0.3 is 4.90 Å². The molecule has 0 N–H and O–H groups in total. The summed E-state index contributed by atoms with van der Waals surface area (Å²) in [5.74, 6) is 2.39. The molecule has 1 saturated heterocycles. The van der Waals surface area contributed by atoms with Crippen molar-refractivity contribution in [2.75, 3.05) is 18.0 Å². The van der Waals surface area contributed by atoms with Crippen molar-refractivity contribution in [2.45, 2.75) is 39.5 Å². The maximum atomic E-state index is 4.91. The van der Waals surface area contributed by atoms with Gasteiger partial charge in [-0.15, -0.1) is 11.3 Å². The highest BCUT2D eigenvalue weighted by molar-refractivity contribution is 7.17. The molecule has 0 spiro atoms. The number of thiazole rings is 1. The number of imidazole rings is 1. The van der Waals surface area contributed by atoms with E-state index in [1.165, 1.54) is 27.5 Å². The maximum Gasteiger partial charge on any atom is 0.225 e. The second-order valence-electron chi connectivity index (χ2n) is 6.26. The number of hydrogen-bond acceptors (Lipinski definition) is 5. The zero-order valence-corrected chi connectivity index (χ0v) is 14.6. The standard InChI is InChI=1S/C17H21N5S/c1-11-12(2)23-16-15(20-13(3)22(11)16)14-6-4-9-21(10-14)17-18-7-5-8-19-17/h5,7-8,14H,4,6,9-10H2,1-3H3. The van der Waals surface area contributed by atoms with Crippen molar-refractivity contribution in [3.05, 3.63) is 40.5 Å². The predicted molar refractivity (Wildman–Crippen MR) is 93.5 cm³/mol. The van der Waals surface area contributed by atoms with Crippen LogP contribution in [0, 0.1) is 20.8 Å². The average molecular weight is 327 g/mol. The largest absolute Gasteiger partial charge is 0.340 e. The molecule has 3 aromatic rings. The van der Waals surface area contributed by atoms with Gasteiger partial charge in [-0.1, -0.05) is 0 Å². The molecule has 6 heteroatoms. The first-order valence-electron chi connectivity index (χ1n) is 8.12. The van der Waals surface area contributed by atoms with Crippen LogP contribution in [0.2, 0.25) is 0 Å². The van der Waals surface area contributed by atoms with E-state index in [1.807, 2.05) is 29.8 Å². The molecule has 4 rings (SSSR count). The molecule has 0 saturated carbocycles. The summed E-state index contributed by atoms with van der Waals surface area (Å²) in [4.78, 5) is 18.7. The lowest BCUT2D eigenvalue weighted by Gasteiger charge is -2.31. The fourth-order valence-corrected chi connectivity index (χ4v) is 4.71. The van der Waals surface area contributed by atoms with Crippen LogP contribution in [-0.4, -0.2) is 32.4 Å². The van der Waals surface area contributed by atoms with Crippen molar-refractivity contribution in [2.24, 2.45) is 0 Å². The number of aryl methyl sites for hydroxylation is 3. The number of piperidine rings is 1. The number of nitrogens with zero attached hydrogens (tertiary/aromatic N) is 5. The van der Waals surface area contributed by atoms with E-state index in [9.17, 15) is 0 Å². The number of rotatable bonds is 2. The Morgan fingerprint density at radius 2 is 1.96 bits per heavy atom. The van der Waals surface area contributed by atoms with E-state index in [0.717, 1.165) is 31.3 Å². The summed E-state index contributed by atoms with van der Waals surface area (Å²) in [5, 5.41) is 0. The fourth-order valence-electron chi connectivity index (χ4n) is 3.51. The summed E-state index contributed by atoms with van der Waals surface area (Å²) in [6.45, 7) is 8.46. The fraction of sp³-hybridized carbons (Fsp3) is 0.471. The Morgan fingerprint density at radius 3 is 2.74 bits per heavy atom. The van der Waals surface area contributed by atoms with Crippen LogP contribution in [0.1, 0.15) is 40.8 Å². The first kappa shape index (κ1) is 14.6. The van der Waals surface area contributed by atoms with Crippen LogP contribution in [0.4, 0.5) is 5.95 Å². The highest BCUT2D eigenvalue weighted by Gasteiger charge is 2.28. The Morgan fingerprint density at radius 1 is 1.17 bits per heavy atom. The average Bonchev–Trinajstić information content (AvgIpc) is 3.06. The summed E-state index contributed by atoms with van der Waals surface area (Å²) in [6, 6.07) is 1.87. The van der Waals surface area contributed by atoms with Crippen molar-refractivity contribution < 1.29 is 0 Å². The van der Waals surface area contributed by atoms with Crippen LogP contribution in [-0.2, 0) is 0 Å². The van der Waals surface area contributed by atoms with Crippen molar-refractivity contribution in [1.82, 2.24) is 19.4 Å². The summed E-state index contributed by atoms with van der Waals surface area (Å²) >= 11 is 1.87. The van der Waals surface area contributed by atoms with Gasteiger partial charge in [-0.05, 0) is 39.7 Å². The molecule has 1 aliphatic heterocycles. The van der Waals surface area contributed by atoms with Gasteiger partial charge in [-0.3, -0.25) is 4.40 Å². The molecule has 4 heterocycles. The molecular formula is C17H21N5S. The van der Waals surface area contributed by atoms with Gasteiger partial charge in [0.1, 0.15) is 10.7 Å². The quantitative estimate of drug-likeness (QED) is 0.723. The van der Waals surface area contributed by atoms with Crippen molar-refractivity contribution in [3.8, 4) is 0 Å². The lowest BCUT2D eigenvalue weighted by molar-refractivity contribution is 0.499. The maximum absolute atomic E-state index is 4.91. The third-order valence-electron chi connectivity index (χ3n) is 4.77. The third-order valence-corrected chi connectivity index (χ3v) is 5.95. The normalized spacial score (nSPS) is 18.7. The van der Waals surface area contributed by atoms with Crippen LogP contribution in [0.3, 0.4) is 0 Å². The zero-order chi connectivity index (χ0) is 16.0. The Kier molecular flexibility index (Phi) is 3.56. The first-order valence-corrected chi connectivity index (χ1v) is 8.93. The zero-order valence-electron chi connectivity index (χ0n) is 13.8. The van der Waals surface area contributed by atoms with Crippen LogP contribution >= 0.6 is 11.3 Å². The highest BCUT2D eigenvalue weighted by Crippen LogP contribution is 2.35. The van der Waals surface area contributed by atoms with Gasteiger partial charge in [0.05, 0.1) is 5.69 Å². The van der Waals surface area contributed by atoms with Crippen LogP contribution < -0.4 is 4.90 Å². The molecule has 0 amide bonds. The first-order chi connectivity index (χ1) is 11.1. The van der Waals surface area contributed by atoms with E-state index in [-0.39, 0.29) is 0 Å². The number of aromatic nitrogens is 4. The van der Waals surface area contributed by atoms with Crippen molar-refractivity contribution in [3.63, 3.8) is 0 Å². The molecule has 0 bridgehead atoms. The van der Waals surface area contributed by atoms with Crippen LogP contribution in [0.25, 0.3) is 4.83 Å². The Bertz CT molecular complexity index is 836. The van der Waals surface area contributed by atoms with Crippen LogP contribution in [0.5, 0.6) is 0 Å². The monoisotopic (exact) mass is 327 g/mol. The second kappa shape index (κ2) is 5.60. The molecule has 1 fully saturated rings. The van der Waals surface area contributed by atoms with E-state index in [2.05, 4.69) is 40.0 Å². The highest BCUT2D eigenvalue weighted by atomic mass is 32.1. The number of hydrogen-bond donors (Lipinski definition) is 0. The van der Waals surface area contributed by atoms with Gasteiger partial charge in [0.25, 0.3) is 0 Å². The molecule has 0 radical (unpaired) electrons. The minimum Gasteiger partial charge on any atom is -0.340 e. The van der Waals surface area contributed by atoms with Gasteiger partial charge in [0, 0.05) is 42.0 Å². The summed E-state index contributed by atoms with van der Waals surface area (Å²) in [6.07, 6.45) is 5.98. The smallest absolute Gasteiger partial charge is 0.225 e. The van der Waals surface area contributed by atoms with Gasteiger partial charge in [-0.25, -0.2) is 15.0 Å². The minimum absolute atomic E-state index is 0.453. The lowest BCUT2D eigenvalue weighted by Crippen LogP contribution is -2.35. The van der Waals surface area contributed by atoms with E-state index in [0.29, 0.717) is 5.92 Å². The molecule has 5 nitrogen and oxygen atoms in total. The molecule has 1 atom stereocenters.